The Bertz CT molecular complexity index is 570. The minimum atomic E-state index is -0.836. The van der Waals surface area contributed by atoms with Crippen LogP contribution in [0.5, 0.6) is 0 Å². The highest BCUT2D eigenvalue weighted by Gasteiger charge is 2.15. The molecule has 0 amide bonds. The summed E-state index contributed by atoms with van der Waals surface area (Å²) in [5.74, 6) is 3.88. The summed E-state index contributed by atoms with van der Waals surface area (Å²) in [5.41, 5.74) is 5.01. The second-order valence-corrected chi connectivity index (χ2v) is 4.55. The average molecular weight is 262 g/mol. The van der Waals surface area contributed by atoms with E-state index in [2.05, 4.69) is 5.43 Å². The first-order valence-corrected chi connectivity index (χ1v) is 6.07. The van der Waals surface area contributed by atoms with Crippen molar-refractivity contribution in [3.63, 3.8) is 0 Å². The molecule has 2 aromatic carbocycles. The molecule has 0 aromatic heterocycles. The highest BCUT2D eigenvalue weighted by atomic mass is 19.2. The largest absolute Gasteiger partial charge is 0.271 e. The van der Waals surface area contributed by atoms with Crippen molar-refractivity contribution in [1.82, 2.24) is 5.43 Å². The van der Waals surface area contributed by atoms with Crippen LogP contribution in [-0.4, -0.2) is 0 Å². The summed E-state index contributed by atoms with van der Waals surface area (Å²) in [6.07, 6.45) is 0.295. The lowest BCUT2D eigenvalue weighted by Crippen LogP contribution is -2.29. The van der Waals surface area contributed by atoms with E-state index in [1.807, 2.05) is 31.2 Å². The lowest BCUT2D eigenvalue weighted by molar-refractivity contribution is 0.481. The summed E-state index contributed by atoms with van der Waals surface area (Å²) in [6.45, 7) is 1.97. The Morgan fingerprint density at radius 1 is 1.16 bits per heavy atom. The number of rotatable bonds is 4. The topological polar surface area (TPSA) is 38.0 Å². The van der Waals surface area contributed by atoms with Crippen LogP contribution in [0.1, 0.15) is 22.7 Å². The molecule has 0 aliphatic rings. The summed E-state index contributed by atoms with van der Waals surface area (Å²) >= 11 is 0. The van der Waals surface area contributed by atoms with Gasteiger partial charge in [-0.1, -0.05) is 42.0 Å². The van der Waals surface area contributed by atoms with Gasteiger partial charge in [0.05, 0.1) is 6.04 Å². The van der Waals surface area contributed by atoms with Crippen molar-refractivity contribution in [1.29, 1.82) is 0 Å². The van der Waals surface area contributed by atoms with E-state index in [0.717, 1.165) is 17.2 Å². The molecule has 0 bridgehead atoms. The molecule has 1 unspecified atom stereocenters. The zero-order chi connectivity index (χ0) is 13.8. The number of hydrogen-bond acceptors (Lipinski definition) is 2. The van der Waals surface area contributed by atoms with Crippen molar-refractivity contribution < 1.29 is 8.78 Å². The van der Waals surface area contributed by atoms with E-state index >= 15 is 0 Å². The first-order chi connectivity index (χ1) is 9.11. The van der Waals surface area contributed by atoms with E-state index in [0.29, 0.717) is 12.0 Å². The van der Waals surface area contributed by atoms with E-state index in [9.17, 15) is 8.78 Å². The lowest BCUT2D eigenvalue weighted by atomic mass is 9.98. The summed E-state index contributed by atoms with van der Waals surface area (Å²) in [6, 6.07) is 11.7. The molecule has 0 radical (unpaired) electrons. The van der Waals surface area contributed by atoms with E-state index in [1.165, 1.54) is 6.07 Å². The van der Waals surface area contributed by atoms with Crippen molar-refractivity contribution in [3.8, 4) is 0 Å². The zero-order valence-corrected chi connectivity index (χ0v) is 10.7. The highest BCUT2D eigenvalue weighted by Crippen LogP contribution is 2.21. The Morgan fingerprint density at radius 3 is 2.58 bits per heavy atom. The van der Waals surface area contributed by atoms with Crippen LogP contribution in [0.2, 0.25) is 0 Å². The average Bonchev–Trinajstić information content (AvgIpc) is 2.40. The van der Waals surface area contributed by atoms with Crippen LogP contribution in [0, 0.1) is 18.6 Å². The predicted molar refractivity (Wildman–Crippen MR) is 71.3 cm³/mol. The highest BCUT2D eigenvalue weighted by molar-refractivity contribution is 5.28. The molecule has 3 N–H and O–H groups in total. The van der Waals surface area contributed by atoms with Crippen LogP contribution >= 0.6 is 0 Å². The van der Waals surface area contributed by atoms with Crippen molar-refractivity contribution >= 4 is 0 Å². The smallest absolute Gasteiger partial charge is 0.162 e. The summed E-state index contributed by atoms with van der Waals surface area (Å²) < 4.78 is 26.8. The molecule has 2 aromatic rings. The Kier molecular flexibility index (Phi) is 4.24. The molecule has 0 fully saturated rings. The van der Waals surface area contributed by atoms with Crippen LogP contribution in [-0.2, 0) is 6.42 Å². The maximum atomic E-state index is 13.6. The van der Waals surface area contributed by atoms with Crippen LogP contribution in [0.4, 0.5) is 8.78 Å². The number of benzene rings is 2. The minimum Gasteiger partial charge on any atom is -0.271 e. The van der Waals surface area contributed by atoms with Crippen LogP contribution in [0.25, 0.3) is 0 Å². The van der Waals surface area contributed by atoms with Crippen LogP contribution in [0.3, 0.4) is 0 Å². The third-order valence-corrected chi connectivity index (χ3v) is 3.10. The van der Waals surface area contributed by atoms with Crippen molar-refractivity contribution in [2.24, 2.45) is 5.84 Å². The quantitative estimate of drug-likeness (QED) is 0.656. The second kappa shape index (κ2) is 5.91. The minimum absolute atomic E-state index is 0.254. The summed E-state index contributed by atoms with van der Waals surface area (Å²) in [4.78, 5) is 0. The van der Waals surface area contributed by atoms with Gasteiger partial charge in [-0.3, -0.25) is 11.3 Å². The molecular formula is C15H16F2N2. The maximum Gasteiger partial charge on any atom is 0.162 e. The fourth-order valence-corrected chi connectivity index (χ4v) is 2.09. The molecule has 2 rings (SSSR count). The fourth-order valence-electron chi connectivity index (χ4n) is 2.09. The van der Waals surface area contributed by atoms with Gasteiger partial charge in [0.1, 0.15) is 0 Å². The third-order valence-electron chi connectivity index (χ3n) is 3.10. The zero-order valence-electron chi connectivity index (χ0n) is 10.7. The number of halogens is 2. The van der Waals surface area contributed by atoms with Crippen molar-refractivity contribution in [2.45, 2.75) is 19.4 Å². The van der Waals surface area contributed by atoms with Gasteiger partial charge >= 0.3 is 0 Å². The van der Waals surface area contributed by atoms with Crippen LogP contribution < -0.4 is 11.3 Å². The third kappa shape index (κ3) is 3.16. The Labute approximate surface area is 111 Å². The van der Waals surface area contributed by atoms with E-state index in [-0.39, 0.29) is 6.04 Å². The number of nitrogens with two attached hydrogens (primary N) is 1. The molecule has 2 nitrogen and oxygen atoms in total. The van der Waals surface area contributed by atoms with Crippen LogP contribution in [0.15, 0.2) is 42.5 Å². The number of hydrogen-bond donors (Lipinski definition) is 2. The van der Waals surface area contributed by atoms with E-state index < -0.39 is 11.6 Å². The van der Waals surface area contributed by atoms with E-state index in [4.69, 9.17) is 5.84 Å². The molecule has 19 heavy (non-hydrogen) atoms. The number of aryl methyl sites for hydroxylation is 1. The van der Waals surface area contributed by atoms with Gasteiger partial charge < -0.3 is 0 Å². The standard InChI is InChI=1S/C15H16F2N2/c1-10-4-2-5-11(8-10)14(19-18)9-12-6-3-7-13(16)15(12)17/h2-8,14,19H,9,18H2,1H3. The molecule has 0 saturated carbocycles. The monoisotopic (exact) mass is 262 g/mol. The lowest BCUT2D eigenvalue weighted by Gasteiger charge is -2.17. The normalized spacial score (nSPS) is 12.4. The SMILES string of the molecule is Cc1cccc(C(Cc2cccc(F)c2F)NN)c1. The Hall–Kier alpha value is -1.78. The molecule has 4 heteroatoms. The van der Waals surface area contributed by atoms with Crippen molar-refractivity contribution in [2.75, 3.05) is 0 Å². The second-order valence-electron chi connectivity index (χ2n) is 4.55. The molecule has 1 atom stereocenters. The van der Waals surface area contributed by atoms with Gasteiger partial charge in [-0.2, -0.15) is 0 Å². The predicted octanol–water partition coefficient (Wildman–Crippen LogP) is 3.02. The van der Waals surface area contributed by atoms with Gasteiger partial charge in [0, 0.05) is 0 Å². The molecular weight excluding hydrogens is 246 g/mol. The first kappa shape index (κ1) is 13.6. The van der Waals surface area contributed by atoms with Gasteiger partial charge in [-0.25, -0.2) is 8.78 Å². The Balaban J connectivity index is 2.26. The van der Waals surface area contributed by atoms with Gasteiger partial charge in [-0.15, -0.1) is 0 Å². The Morgan fingerprint density at radius 2 is 1.89 bits per heavy atom. The number of nitrogens with one attached hydrogen (secondary N) is 1. The molecule has 0 aliphatic carbocycles. The van der Waals surface area contributed by atoms with E-state index in [1.54, 1.807) is 6.07 Å². The molecule has 0 saturated heterocycles. The fraction of sp³-hybridized carbons (Fsp3) is 0.200. The first-order valence-electron chi connectivity index (χ1n) is 6.07. The molecule has 100 valence electrons. The molecule has 0 spiro atoms. The maximum absolute atomic E-state index is 13.6. The number of hydrazine groups is 1. The van der Waals surface area contributed by atoms with Gasteiger partial charge in [0.25, 0.3) is 0 Å². The van der Waals surface area contributed by atoms with Gasteiger partial charge in [0.15, 0.2) is 11.6 Å². The van der Waals surface area contributed by atoms with Gasteiger partial charge in [-0.05, 0) is 30.5 Å². The molecule has 0 aliphatic heterocycles. The summed E-state index contributed by atoms with van der Waals surface area (Å²) in [7, 11) is 0. The van der Waals surface area contributed by atoms with Crippen molar-refractivity contribution in [3.05, 3.63) is 70.8 Å². The molecule has 0 heterocycles. The summed E-state index contributed by atoms with van der Waals surface area (Å²) in [5, 5.41) is 0. The van der Waals surface area contributed by atoms with Gasteiger partial charge in [0.2, 0.25) is 0 Å².